The van der Waals surface area contributed by atoms with E-state index in [1.54, 1.807) is 0 Å². The van der Waals surface area contributed by atoms with Gasteiger partial charge in [-0.1, -0.05) is 261 Å². The second-order valence-corrected chi connectivity index (χ2v) is 28.9. The van der Waals surface area contributed by atoms with Gasteiger partial charge in [-0.25, -0.2) is 0 Å². The Balaban J connectivity index is 0.000000132. The number of anilines is 5. The van der Waals surface area contributed by atoms with Crippen molar-refractivity contribution >= 4 is 151 Å². The molecule has 4 nitrogen and oxygen atoms in total. The predicted molar refractivity (Wildman–Crippen MR) is 461 cm³/mol. The summed E-state index contributed by atoms with van der Waals surface area (Å²) in [5.74, 6) is 0. The van der Waals surface area contributed by atoms with Gasteiger partial charge in [0.15, 0.2) is 0 Å². The van der Waals surface area contributed by atoms with Crippen molar-refractivity contribution in [2.24, 2.45) is 0 Å². The van der Waals surface area contributed by atoms with Crippen LogP contribution in [-0.2, 0) is 0 Å². The fourth-order valence-corrected chi connectivity index (χ4v) is 17.0. The first-order valence-corrected chi connectivity index (χ1v) is 37.1. The Kier molecular flexibility index (Phi) is 18.9. The van der Waals surface area contributed by atoms with E-state index in [4.69, 9.17) is 0 Å². The Bertz CT molecular complexity index is 6420. The Hall–Kier alpha value is -12.4. The quantitative estimate of drug-likeness (QED) is 0.140. The number of nitrogens with one attached hydrogen (secondary N) is 1. The average Bonchev–Trinajstić information content (AvgIpc) is 1.61. The van der Waals surface area contributed by atoms with E-state index in [2.05, 4.69) is 417 Å². The number of thiophene rings is 2. The summed E-state index contributed by atoms with van der Waals surface area (Å²) >= 11 is 7.22. The molecule has 0 amide bonds. The number of benzene rings is 16. The first kappa shape index (κ1) is 67.1. The SMILES string of the molecule is Brc1ccc(-c2ccc3c(c2)c2ccccc2n3-c2ccccc2)cc1.C.C.c1ccc(-c2ccc(N(c3ccc(-c4ccc5c(c4)c4ccccc4n5-c4ccccc4)cc3)c3ccc4sc5ccccc5c4c3)cc2)cc1.c1ccc(-c2ccc(Nc3ccc4sc5ccccc5c4c3)cc2)cc1. The van der Waals surface area contributed by atoms with Gasteiger partial charge in [-0.2, -0.15) is 0 Å². The molecule has 0 aliphatic heterocycles. The van der Waals surface area contributed by atoms with Crippen molar-refractivity contribution in [2.45, 2.75) is 14.9 Å². The molecule has 105 heavy (non-hydrogen) atoms. The molecule has 0 spiro atoms. The number of fused-ring (bicyclic) bond motifs is 12. The van der Waals surface area contributed by atoms with Crippen LogP contribution >= 0.6 is 38.6 Å². The molecule has 16 aromatic carbocycles. The lowest BCUT2D eigenvalue weighted by atomic mass is 10.0. The Morgan fingerprint density at radius 1 is 0.229 bits per heavy atom. The van der Waals surface area contributed by atoms with Gasteiger partial charge >= 0.3 is 0 Å². The van der Waals surface area contributed by atoms with Crippen LogP contribution in [0.5, 0.6) is 0 Å². The topological polar surface area (TPSA) is 25.1 Å². The van der Waals surface area contributed by atoms with E-state index in [9.17, 15) is 0 Å². The third kappa shape index (κ3) is 13.3. The van der Waals surface area contributed by atoms with E-state index < -0.39 is 0 Å². The van der Waals surface area contributed by atoms with E-state index in [-0.39, 0.29) is 14.9 Å². The van der Waals surface area contributed by atoms with Gasteiger partial charge in [0.2, 0.25) is 0 Å². The summed E-state index contributed by atoms with van der Waals surface area (Å²) in [7, 11) is 0. The molecule has 4 aromatic heterocycles. The Labute approximate surface area is 629 Å². The van der Waals surface area contributed by atoms with Crippen LogP contribution in [0.3, 0.4) is 0 Å². The zero-order chi connectivity index (χ0) is 68.6. The molecule has 0 saturated heterocycles. The molecule has 4 heterocycles. The van der Waals surface area contributed by atoms with Crippen LogP contribution in [0, 0.1) is 0 Å². The third-order valence-electron chi connectivity index (χ3n) is 19.5. The molecule has 0 atom stereocenters. The number of aromatic nitrogens is 2. The zero-order valence-electron chi connectivity index (χ0n) is 56.0. The number of halogens is 1. The summed E-state index contributed by atoms with van der Waals surface area (Å²) < 4.78 is 11.1. The van der Waals surface area contributed by atoms with Crippen molar-refractivity contribution in [2.75, 3.05) is 10.2 Å². The lowest BCUT2D eigenvalue weighted by Crippen LogP contribution is -2.09. The number of hydrogen-bond acceptors (Lipinski definition) is 4. The largest absolute Gasteiger partial charge is 0.356 e. The van der Waals surface area contributed by atoms with Gasteiger partial charge in [0.25, 0.3) is 0 Å². The lowest BCUT2D eigenvalue weighted by Gasteiger charge is -2.26. The summed E-state index contributed by atoms with van der Waals surface area (Å²) in [6.07, 6.45) is 0. The van der Waals surface area contributed by atoms with Crippen molar-refractivity contribution in [1.82, 2.24) is 9.13 Å². The van der Waals surface area contributed by atoms with Crippen molar-refractivity contribution in [3.63, 3.8) is 0 Å². The van der Waals surface area contributed by atoms with Crippen LogP contribution in [0.15, 0.2) is 393 Å². The second-order valence-electron chi connectivity index (χ2n) is 25.8. The second kappa shape index (κ2) is 29.5. The first-order valence-electron chi connectivity index (χ1n) is 34.7. The van der Waals surface area contributed by atoms with Gasteiger partial charge in [0.05, 0.1) is 22.1 Å². The van der Waals surface area contributed by atoms with Crippen molar-refractivity contribution < 1.29 is 0 Å². The molecule has 0 aliphatic carbocycles. The van der Waals surface area contributed by atoms with Crippen LogP contribution in [0.2, 0.25) is 0 Å². The highest BCUT2D eigenvalue weighted by Crippen LogP contribution is 2.44. The molecule has 0 radical (unpaired) electrons. The van der Waals surface area contributed by atoms with E-state index in [0.29, 0.717) is 0 Å². The predicted octanol–water partition coefficient (Wildman–Crippen LogP) is 29.9. The highest BCUT2D eigenvalue weighted by Gasteiger charge is 2.19. The monoisotopic (exact) mass is 1450 g/mol. The minimum Gasteiger partial charge on any atom is -0.356 e. The zero-order valence-corrected chi connectivity index (χ0v) is 59.2. The molecule has 0 bridgehead atoms. The fourth-order valence-electron chi connectivity index (χ4n) is 14.5. The summed E-state index contributed by atoms with van der Waals surface area (Å²) in [4.78, 5) is 2.38. The van der Waals surface area contributed by atoms with Gasteiger partial charge in [0.1, 0.15) is 0 Å². The molecule has 504 valence electrons. The molecule has 20 aromatic rings. The maximum absolute atomic E-state index is 3.53. The van der Waals surface area contributed by atoms with Crippen LogP contribution in [0.25, 0.3) is 140 Å². The van der Waals surface area contributed by atoms with Gasteiger partial charge < -0.3 is 19.4 Å². The summed E-state index contributed by atoms with van der Waals surface area (Å²) in [6, 6.07) is 139. The molecule has 0 fully saturated rings. The molecule has 0 unspecified atom stereocenters. The van der Waals surface area contributed by atoms with Crippen LogP contribution in [0.4, 0.5) is 28.4 Å². The standard InChI is InChI=1S/C48H32N2S.C24H16BrN.C24H17NS.2CH4/c1-3-11-33(12-4-1)34-19-24-38(25-20-34)49(40-28-30-48-44(32-40)42-16-8-10-18-47(42)51-48)39-26-21-35(22-27-39)36-23-29-46-43(31-36)41-15-7-9-17-45(41)50(46)37-13-5-2-6-14-37;25-19-13-10-17(11-14-19)18-12-15-24-22(16-18)21-8-4-5-9-23(21)26(24)20-6-2-1-3-7-20;1-2-6-17(7-3-1)18-10-12-19(13-11-18)25-20-14-15-24-22(16-20)21-8-4-5-9-23(21)26-24;;/h1-32H;1-16H;1-16,25H;2*1H4. The molecule has 7 heteroatoms. The van der Waals surface area contributed by atoms with E-state index >= 15 is 0 Å². The van der Waals surface area contributed by atoms with Gasteiger partial charge in [0, 0.05) is 106 Å². The van der Waals surface area contributed by atoms with Crippen molar-refractivity contribution in [3.05, 3.63) is 393 Å². The van der Waals surface area contributed by atoms with Gasteiger partial charge in [-0.05, 0) is 202 Å². The van der Waals surface area contributed by atoms with E-state index in [1.807, 2.05) is 28.7 Å². The van der Waals surface area contributed by atoms with E-state index in [1.165, 1.54) is 140 Å². The minimum atomic E-state index is 0. The fraction of sp³-hybridized carbons (Fsp3) is 0.0204. The maximum Gasteiger partial charge on any atom is 0.0541 e. The van der Waals surface area contributed by atoms with Crippen LogP contribution in [-0.4, -0.2) is 9.13 Å². The first-order chi connectivity index (χ1) is 51.0. The summed E-state index contributed by atoms with van der Waals surface area (Å²) in [5, 5.41) is 13.9. The van der Waals surface area contributed by atoms with Crippen molar-refractivity contribution in [1.29, 1.82) is 0 Å². The van der Waals surface area contributed by atoms with Gasteiger partial charge in [-0.3, -0.25) is 0 Å². The third-order valence-corrected chi connectivity index (χ3v) is 22.4. The number of hydrogen-bond donors (Lipinski definition) is 1. The summed E-state index contributed by atoms with van der Waals surface area (Å²) in [5.41, 5.74) is 22.6. The summed E-state index contributed by atoms with van der Waals surface area (Å²) in [6.45, 7) is 0. The van der Waals surface area contributed by atoms with Crippen LogP contribution in [0.1, 0.15) is 14.9 Å². The molecule has 0 saturated carbocycles. The lowest BCUT2D eigenvalue weighted by molar-refractivity contribution is 1.18. The molecule has 20 rings (SSSR count). The van der Waals surface area contributed by atoms with Gasteiger partial charge in [-0.15, -0.1) is 22.7 Å². The molecule has 1 N–H and O–H groups in total. The number of rotatable bonds is 11. The van der Waals surface area contributed by atoms with E-state index in [0.717, 1.165) is 32.9 Å². The smallest absolute Gasteiger partial charge is 0.0541 e. The highest BCUT2D eigenvalue weighted by atomic mass is 79.9. The normalized spacial score (nSPS) is 11.1. The average molecular weight is 1450 g/mol. The van der Waals surface area contributed by atoms with Crippen molar-refractivity contribution in [3.8, 4) is 55.9 Å². The molecule has 0 aliphatic rings. The highest BCUT2D eigenvalue weighted by molar-refractivity contribution is 9.10. The number of para-hydroxylation sites is 4. The van der Waals surface area contributed by atoms with Crippen LogP contribution < -0.4 is 10.2 Å². The Morgan fingerprint density at radius 3 is 1.03 bits per heavy atom. The molecular formula is C98H73BrN4S2. The molecular weight excluding hydrogens is 1380 g/mol. The minimum absolute atomic E-state index is 0. The number of nitrogens with zero attached hydrogens (tertiary/aromatic N) is 3. The Morgan fingerprint density at radius 2 is 0.552 bits per heavy atom. The maximum atomic E-state index is 3.53.